The van der Waals surface area contributed by atoms with Crippen molar-refractivity contribution in [2.75, 3.05) is 0 Å². The second-order valence-corrected chi connectivity index (χ2v) is 6.25. The molecule has 0 radical (unpaired) electrons. The van der Waals surface area contributed by atoms with Gasteiger partial charge in [-0.2, -0.15) is 0 Å². The van der Waals surface area contributed by atoms with E-state index in [0.717, 1.165) is 10.6 Å². The largest absolute Gasteiger partial charge is 0.443 e. The normalized spacial score (nSPS) is 17.0. The molecule has 1 aliphatic rings. The third-order valence-corrected chi connectivity index (χ3v) is 4.51. The minimum atomic E-state index is 0.445. The van der Waals surface area contributed by atoms with Crippen LogP contribution in [0.4, 0.5) is 0 Å². The number of oxazole rings is 1. The molecule has 0 saturated heterocycles. The molecule has 0 aromatic carbocycles. The Morgan fingerprint density at radius 3 is 3.05 bits per heavy atom. The van der Waals surface area contributed by atoms with Crippen LogP contribution in [0.2, 0.25) is 0 Å². The fraction of sp³-hybridized carbons (Fsp3) is 0.467. The topological polar surface area (TPSA) is 76.4 Å². The molecule has 0 amide bonds. The second-order valence-electron chi connectivity index (χ2n) is 5.30. The van der Waals surface area contributed by atoms with Crippen LogP contribution in [0.5, 0.6) is 0 Å². The number of nitrogens with one attached hydrogen (secondary N) is 1. The standard InChI is InChI=1S/C15H20N4OS/c16-15(19-11-5-2-1-3-6-11)17-9-12-10-20-14(18-12)13-7-4-8-21-13/h4,7-8,10-11H,1-3,5-6,9H2,(H3,16,17,19). The molecule has 0 aliphatic heterocycles. The zero-order chi connectivity index (χ0) is 14.5. The van der Waals surface area contributed by atoms with Crippen LogP contribution >= 0.6 is 11.3 Å². The van der Waals surface area contributed by atoms with E-state index in [4.69, 9.17) is 10.2 Å². The minimum absolute atomic E-state index is 0.445. The summed E-state index contributed by atoms with van der Waals surface area (Å²) in [5.74, 6) is 1.15. The summed E-state index contributed by atoms with van der Waals surface area (Å²) in [4.78, 5) is 9.80. The number of nitrogens with two attached hydrogens (primary N) is 1. The zero-order valence-corrected chi connectivity index (χ0v) is 12.7. The number of hydrogen-bond acceptors (Lipinski definition) is 4. The van der Waals surface area contributed by atoms with E-state index in [2.05, 4.69) is 15.3 Å². The van der Waals surface area contributed by atoms with E-state index >= 15 is 0 Å². The molecule has 0 spiro atoms. The third kappa shape index (κ3) is 3.85. The lowest BCUT2D eigenvalue weighted by Crippen LogP contribution is -2.41. The second kappa shape index (κ2) is 6.76. The van der Waals surface area contributed by atoms with E-state index < -0.39 is 0 Å². The number of thiophene rings is 1. The highest BCUT2D eigenvalue weighted by atomic mass is 32.1. The monoisotopic (exact) mass is 304 g/mol. The Bertz CT molecular complexity index is 585. The predicted molar refractivity (Wildman–Crippen MR) is 85.2 cm³/mol. The molecule has 21 heavy (non-hydrogen) atoms. The van der Waals surface area contributed by atoms with E-state index in [1.54, 1.807) is 17.6 Å². The Morgan fingerprint density at radius 2 is 2.29 bits per heavy atom. The lowest BCUT2D eigenvalue weighted by atomic mass is 9.96. The Morgan fingerprint density at radius 1 is 1.43 bits per heavy atom. The van der Waals surface area contributed by atoms with Crippen molar-refractivity contribution in [1.82, 2.24) is 10.3 Å². The summed E-state index contributed by atoms with van der Waals surface area (Å²) in [6, 6.07) is 4.44. The van der Waals surface area contributed by atoms with Gasteiger partial charge in [0.1, 0.15) is 12.0 Å². The number of guanidine groups is 1. The van der Waals surface area contributed by atoms with Crippen LogP contribution in [0.25, 0.3) is 10.8 Å². The molecule has 3 rings (SSSR count). The van der Waals surface area contributed by atoms with Gasteiger partial charge >= 0.3 is 0 Å². The Kier molecular flexibility index (Phi) is 4.55. The molecule has 5 nitrogen and oxygen atoms in total. The molecule has 2 aromatic heterocycles. The highest BCUT2D eigenvalue weighted by Gasteiger charge is 2.13. The van der Waals surface area contributed by atoms with Gasteiger partial charge in [0.15, 0.2) is 5.96 Å². The van der Waals surface area contributed by atoms with Crippen molar-refractivity contribution < 1.29 is 4.42 Å². The molecule has 112 valence electrons. The average molecular weight is 304 g/mol. The van der Waals surface area contributed by atoms with Crippen molar-refractivity contribution in [1.29, 1.82) is 0 Å². The molecular formula is C15H20N4OS. The smallest absolute Gasteiger partial charge is 0.236 e. The Balaban J connectivity index is 1.55. The zero-order valence-electron chi connectivity index (χ0n) is 11.9. The number of aliphatic imine (C=N–C) groups is 1. The minimum Gasteiger partial charge on any atom is -0.443 e. The Labute approximate surface area is 128 Å². The summed E-state index contributed by atoms with van der Waals surface area (Å²) in [5.41, 5.74) is 6.73. The summed E-state index contributed by atoms with van der Waals surface area (Å²) >= 11 is 1.61. The summed E-state index contributed by atoms with van der Waals surface area (Å²) in [7, 11) is 0. The first-order valence-corrected chi connectivity index (χ1v) is 8.24. The summed E-state index contributed by atoms with van der Waals surface area (Å²) in [6.45, 7) is 0.445. The van der Waals surface area contributed by atoms with Gasteiger partial charge in [0.2, 0.25) is 5.89 Å². The maximum absolute atomic E-state index is 5.94. The molecule has 1 saturated carbocycles. The van der Waals surface area contributed by atoms with Gasteiger partial charge in [-0.1, -0.05) is 25.3 Å². The molecule has 2 heterocycles. The van der Waals surface area contributed by atoms with Crippen LogP contribution in [0.15, 0.2) is 33.2 Å². The van der Waals surface area contributed by atoms with Gasteiger partial charge < -0.3 is 15.5 Å². The van der Waals surface area contributed by atoms with Crippen molar-refractivity contribution in [2.24, 2.45) is 10.7 Å². The third-order valence-electron chi connectivity index (χ3n) is 3.65. The van der Waals surface area contributed by atoms with Crippen LogP contribution in [-0.4, -0.2) is 17.0 Å². The quantitative estimate of drug-likeness (QED) is 0.672. The van der Waals surface area contributed by atoms with E-state index in [1.807, 2.05) is 17.5 Å². The number of aromatic nitrogens is 1. The van der Waals surface area contributed by atoms with Gasteiger partial charge in [-0.15, -0.1) is 11.3 Å². The van der Waals surface area contributed by atoms with Crippen LogP contribution in [0.3, 0.4) is 0 Å². The summed E-state index contributed by atoms with van der Waals surface area (Å²) in [6.07, 6.45) is 7.90. The first-order valence-electron chi connectivity index (χ1n) is 7.36. The van der Waals surface area contributed by atoms with Crippen molar-refractivity contribution in [3.63, 3.8) is 0 Å². The van der Waals surface area contributed by atoms with Crippen LogP contribution in [0.1, 0.15) is 37.8 Å². The van der Waals surface area contributed by atoms with E-state index in [9.17, 15) is 0 Å². The maximum Gasteiger partial charge on any atom is 0.236 e. The highest BCUT2D eigenvalue weighted by Crippen LogP contribution is 2.23. The van der Waals surface area contributed by atoms with Gasteiger partial charge in [-0.05, 0) is 24.3 Å². The van der Waals surface area contributed by atoms with E-state index in [-0.39, 0.29) is 0 Å². The van der Waals surface area contributed by atoms with Gasteiger partial charge in [0.05, 0.1) is 11.4 Å². The number of rotatable bonds is 4. The van der Waals surface area contributed by atoms with Crippen LogP contribution in [0, 0.1) is 0 Å². The predicted octanol–water partition coefficient (Wildman–Crippen LogP) is 3.14. The van der Waals surface area contributed by atoms with Crippen molar-refractivity contribution in [2.45, 2.75) is 44.7 Å². The molecule has 2 aromatic rings. The molecular weight excluding hydrogens is 284 g/mol. The van der Waals surface area contributed by atoms with Gasteiger partial charge in [0.25, 0.3) is 0 Å². The molecule has 1 aliphatic carbocycles. The fourth-order valence-corrected chi connectivity index (χ4v) is 3.22. The van der Waals surface area contributed by atoms with Gasteiger partial charge in [-0.3, -0.25) is 0 Å². The van der Waals surface area contributed by atoms with E-state index in [1.165, 1.54) is 32.1 Å². The first-order chi connectivity index (χ1) is 10.3. The van der Waals surface area contributed by atoms with Crippen molar-refractivity contribution in [3.8, 4) is 10.8 Å². The summed E-state index contributed by atoms with van der Waals surface area (Å²) in [5, 5.41) is 5.30. The number of hydrogen-bond donors (Lipinski definition) is 2. The van der Waals surface area contributed by atoms with Crippen molar-refractivity contribution >= 4 is 17.3 Å². The summed E-state index contributed by atoms with van der Waals surface area (Å²) < 4.78 is 5.46. The van der Waals surface area contributed by atoms with Gasteiger partial charge in [0, 0.05) is 6.04 Å². The SMILES string of the molecule is NC(=NCc1coc(-c2cccs2)n1)NC1CCCCC1. The van der Waals surface area contributed by atoms with Crippen molar-refractivity contribution in [3.05, 3.63) is 29.5 Å². The first kappa shape index (κ1) is 14.1. The van der Waals surface area contributed by atoms with Gasteiger partial charge in [-0.25, -0.2) is 9.98 Å². The highest BCUT2D eigenvalue weighted by molar-refractivity contribution is 7.13. The van der Waals surface area contributed by atoms with Crippen LogP contribution in [-0.2, 0) is 6.54 Å². The Hall–Kier alpha value is -1.82. The fourth-order valence-electron chi connectivity index (χ4n) is 2.56. The number of nitrogens with zero attached hydrogens (tertiary/aromatic N) is 2. The average Bonchev–Trinajstić information content (AvgIpc) is 3.17. The molecule has 1 fully saturated rings. The lowest BCUT2D eigenvalue weighted by molar-refractivity contribution is 0.412. The lowest BCUT2D eigenvalue weighted by Gasteiger charge is -2.23. The van der Waals surface area contributed by atoms with Crippen LogP contribution < -0.4 is 11.1 Å². The molecule has 0 unspecified atom stereocenters. The molecule has 0 bridgehead atoms. The van der Waals surface area contributed by atoms with E-state index in [0.29, 0.717) is 24.4 Å². The molecule has 3 N–H and O–H groups in total. The molecule has 6 heteroatoms. The maximum atomic E-state index is 5.94. The molecule has 0 atom stereocenters.